The number of aliphatic carboxylic acids is 1. The fraction of sp³-hybridized carbons (Fsp3) is 0.429. The van der Waals surface area contributed by atoms with Gasteiger partial charge in [0, 0.05) is 25.3 Å². The van der Waals surface area contributed by atoms with Gasteiger partial charge in [0.05, 0.1) is 7.11 Å². The predicted molar refractivity (Wildman–Crippen MR) is 74.2 cm³/mol. The molecule has 0 radical (unpaired) electrons. The molecule has 1 fully saturated rings. The number of hydrogen-bond donors (Lipinski definition) is 1. The molecular weight excluding hydrogens is 260 g/mol. The number of benzene rings is 1. The van der Waals surface area contributed by atoms with Gasteiger partial charge in [-0.2, -0.15) is 0 Å². The highest BCUT2D eigenvalue weighted by molar-refractivity contribution is 5.94. The van der Waals surface area contributed by atoms with E-state index in [2.05, 4.69) is 0 Å². The van der Waals surface area contributed by atoms with Crippen LogP contribution in [0.1, 0.15) is 12.8 Å². The first-order valence-electron chi connectivity index (χ1n) is 6.45. The third kappa shape index (κ3) is 2.68. The molecule has 0 unspecified atom stereocenters. The number of carboxylic acids is 1. The van der Waals surface area contributed by atoms with Gasteiger partial charge in [0.25, 0.3) is 0 Å². The number of hydrogen-bond acceptors (Lipinski definition) is 3. The summed E-state index contributed by atoms with van der Waals surface area (Å²) in [5, 5.41) is 9.13. The first-order chi connectivity index (χ1) is 9.54. The lowest BCUT2D eigenvalue weighted by Gasteiger charge is -2.27. The normalized spacial score (nSPS) is 17.9. The maximum atomic E-state index is 12.4. The van der Waals surface area contributed by atoms with E-state index in [1.54, 1.807) is 38.4 Å². The molecule has 1 aliphatic rings. The average molecular weight is 278 g/mol. The summed E-state index contributed by atoms with van der Waals surface area (Å²) in [6.45, 7) is 0.476. The molecular formula is C14H18N2O4. The van der Waals surface area contributed by atoms with E-state index in [9.17, 15) is 9.59 Å². The summed E-state index contributed by atoms with van der Waals surface area (Å²) >= 11 is 0. The fourth-order valence-corrected chi connectivity index (χ4v) is 2.37. The maximum Gasteiger partial charge on any atom is 0.326 e. The lowest BCUT2D eigenvalue weighted by atomic mass is 10.2. The van der Waals surface area contributed by atoms with Crippen LogP contribution < -0.4 is 9.64 Å². The van der Waals surface area contributed by atoms with Crippen molar-refractivity contribution < 1.29 is 19.4 Å². The van der Waals surface area contributed by atoms with E-state index in [-0.39, 0.29) is 6.03 Å². The van der Waals surface area contributed by atoms with Crippen LogP contribution in [0.2, 0.25) is 0 Å². The second-order valence-electron chi connectivity index (χ2n) is 4.73. The zero-order chi connectivity index (χ0) is 14.7. The molecule has 1 saturated heterocycles. The Labute approximate surface area is 117 Å². The summed E-state index contributed by atoms with van der Waals surface area (Å²) in [7, 11) is 3.19. The Morgan fingerprint density at radius 1 is 1.45 bits per heavy atom. The van der Waals surface area contributed by atoms with Crippen LogP contribution in [0.25, 0.3) is 0 Å². The predicted octanol–water partition coefficient (Wildman–Crippen LogP) is 1.80. The molecule has 20 heavy (non-hydrogen) atoms. The van der Waals surface area contributed by atoms with Gasteiger partial charge in [-0.15, -0.1) is 0 Å². The van der Waals surface area contributed by atoms with Crippen LogP contribution in [0.4, 0.5) is 10.5 Å². The number of urea groups is 1. The Bertz CT molecular complexity index is 518. The Morgan fingerprint density at radius 2 is 2.20 bits per heavy atom. The molecule has 0 aromatic heterocycles. The molecule has 0 bridgehead atoms. The summed E-state index contributed by atoms with van der Waals surface area (Å²) in [4.78, 5) is 26.4. The minimum atomic E-state index is -0.949. The van der Waals surface area contributed by atoms with Gasteiger partial charge >= 0.3 is 12.0 Å². The third-order valence-electron chi connectivity index (χ3n) is 3.51. The van der Waals surface area contributed by atoms with E-state index in [1.165, 1.54) is 9.80 Å². The molecule has 1 N–H and O–H groups in total. The second kappa shape index (κ2) is 5.81. The van der Waals surface area contributed by atoms with Crippen molar-refractivity contribution in [2.45, 2.75) is 18.9 Å². The number of anilines is 1. The van der Waals surface area contributed by atoms with Crippen molar-refractivity contribution >= 4 is 17.7 Å². The van der Waals surface area contributed by atoms with Crippen LogP contribution in [0.3, 0.4) is 0 Å². The number of likely N-dealkylation sites (tertiary alicyclic amines) is 1. The lowest BCUT2D eigenvalue weighted by Crippen LogP contribution is -2.46. The Morgan fingerprint density at radius 3 is 2.85 bits per heavy atom. The monoisotopic (exact) mass is 278 g/mol. The standard InChI is InChI=1S/C14H18N2O4/c1-15(10-5-3-6-11(9-10)20-2)14(19)16-8-4-7-12(16)13(17)18/h3,5-6,9,12H,4,7-8H2,1-2H3,(H,17,18)/t12-/m1/s1. The van der Waals surface area contributed by atoms with Gasteiger partial charge < -0.3 is 14.7 Å². The molecule has 1 aromatic carbocycles. The Kier molecular flexibility index (Phi) is 4.12. The van der Waals surface area contributed by atoms with Crippen LogP contribution in [0.5, 0.6) is 5.75 Å². The molecule has 2 amide bonds. The highest BCUT2D eigenvalue weighted by Gasteiger charge is 2.35. The summed E-state index contributed by atoms with van der Waals surface area (Å²) in [5.41, 5.74) is 0.672. The molecule has 1 heterocycles. The molecule has 0 saturated carbocycles. The highest BCUT2D eigenvalue weighted by Crippen LogP contribution is 2.24. The van der Waals surface area contributed by atoms with Crippen LogP contribution in [0, 0.1) is 0 Å². The summed E-state index contributed by atoms with van der Waals surface area (Å²) in [5.74, 6) is -0.298. The van der Waals surface area contributed by atoms with Crippen molar-refractivity contribution in [3.8, 4) is 5.75 Å². The van der Waals surface area contributed by atoms with Gasteiger partial charge in [0.2, 0.25) is 0 Å². The smallest absolute Gasteiger partial charge is 0.326 e. The van der Waals surface area contributed by atoms with Gasteiger partial charge in [-0.3, -0.25) is 4.90 Å². The SMILES string of the molecule is COc1cccc(N(C)C(=O)N2CCC[C@@H]2C(=O)O)c1. The molecule has 2 rings (SSSR count). The van der Waals surface area contributed by atoms with Crippen molar-refractivity contribution in [3.63, 3.8) is 0 Å². The topological polar surface area (TPSA) is 70.1 Å². The van der Waals surface area contributed by atoms with E-state index in [0.717, 1.165) is 0 Å². The number of ether oxygens (including phenoxy) is 1. The minimum absolute atomic E-state index is 0.303. The van der Waals surface area contributed by atoms with E-state index in [1.807, 2.05) is 0 Å². The van der Waals surface area contributed by atoms with Gasteiger partial charge in [-0.05, 0) is 25.0 Å². The van der Waals surface area contributed by atoms with Crippen molar-refractivity contribution in [1.29, 1.82) is 0 Å². The minimum Gasteiger partial charge on any atom is -0.497 e. The van der Waals surface area contributed by atoms with Crippen LogP contribution in [-0.2, 0) is 4.79 Å². The Hall–Kier alpha value is -2.24. The van der Waals surface area contributed by atoms with E-state index in [4.69, 9.17) is 9.84 Å². The maximum absolute atomic E-state index is 12.4. The second-order valence-corrected chi connectivity index (χ2v) is 4.73. The van der Waals surface area contributed by atoms with Gasteiger partial charge in [0.1, 0.15) is 11.8 Å². The van der Waals surface area contributed by atoms with Crippen molar-refractivity contribution in [3.05, 3.63) is 24.3 Å². The number of carbonyl (C=O) groups is 2. The number of nitrogens with zero attached hydrogens (tertiary/aromatic N) is 2. The molecule has 0 spiro atoms. The van der Waals surface area contributed by atoms with Crippen LogP contribution in [-0.4, -0.2) is 48.8 Å². The third-order valence-corrected chi connectivity index (χ3v) is 3.51. The summed E-state index contributed by atoms with van der Waals surface area (Å²) in [6.07, 6.45) is 1.22. The van der Waals surface area contributed by atoms with Crippen molar-refractivity contribution in [2.75, 3.05) is 25.6 Å². The quantitative estimate of drug-likeness (QED) is 0.915. The number of amides is 2. The Balaban J connectivity index is 2.17. The van der Waals surface area contributed by atoms with E-state index < -0.39 is 12.0 Å². The van der Waals surface area contributed by atoms with Gasteiger partial charge in [-0.1, -0.05) is 6.07 Å². The number of methoxy groups -OCH3 is 1. The van der Waals surface area contributed by atoms with Crippen LogP contribution >= 0.6 is 0 Å². The zero-order valence-electron chi connectivity index (χ0n) is 11.6. The molecule has 0 aliphatic carbocycles. The van der Waals surface area contributed by atoms with Crippen LogP contribution in [0.15, 0.2) is 24.3 Å². The summed E-state index contributed by atoms with van der Waals surface area (Å²) in [6, 6.07) is 6.07. The van der Waals surface area contributed by atoms with E-state index in [0.29, 0.717) is 30.8 Å². The number of carbonyl (C=O) groups excluding carboxylic acids is 1. The fourth-order valence-electron chi connectivity index (χ4n) is 2.37. The first-order valence-corrected chi connectivity index (χ1v) is 6.45. The average Bonchev–Trinajstić information content (AvgIpc) is 2.95. The molecule has 1 atom stereocenters. The summed E-state index contributed by atoms with van der Waals surface area (Å²) < 4.78 is 5.12. The molecule has 6 heteroatoms. The van der Waals surface area contributed by atoms with E-state index >= 15 is 0 Å². The number of rotatable bonds is 3. The van der Waals surface area contributed by atoms with Crippen molar-refractivity contribution in [2.24, 2.45) is 0 Å². The molecule has 108 valence electrons. The molecule has 6 nitrogen and oxygen atoms in total. The van der Waals surface area contributed by atoms with Crippen molar-refractivity contribution in [1.82, 2.24) is 4.90 Å². The molecule has 1 aliphatic heterocycles. The van der Waals surface area contributed by atoms with Gasteiger partial charge in [-0.25, -0.2) is 9.59 Å². The van der Waals surface area contributed by atoms with Gasteiger partial charge in [0.15, 0.2) is 0 Å². The molecule has 1 aromatic rings. The lowest BCUT2D eigenvalue weighted by molar-refractivity contribution is -0.141. The number of carboxylic acid groups (broad SMARTS) is 1. The largest absolute Gasteiger partial charge is 0.497 e. The zero-order valence-corrected chi connectivity index (χ0v) is 11.6. The highest BCUT2D eigenvalue weighted by atomic mass is 16.5. The first kappa shape index (κ1) is 14.2.